The van der Waals surface area contributed by atoms with Crippen LogP contribution in [0.4, 0.5) is 0 Å². The van der Waals surface area contributed by atoms with Crippen LogP contribution in [-0.4, -0.2) is 57.8 Å². The zero-order valence-electron chi connectivity index (χ0n) is 18.6. The van der Waals surface area contributed by atoms with Crippen molar-refractivity contribution < 1.29 is 343 Å². The fourth-order valence-electron chi connectivity index (χ4n) is 1.65. The largest absolute Gasteiger partial charge is 2.00 e. The zero-order chi connectivity index (χ0) is 19.4. The van der Waals surface area contributed by atoms with Gasteiger partial charge in [-0.25, -0.2) is 0 Å². The van der Waals surface area contributed by atoms with Crippen LogP contribution >= 0.6 is 30.4 Å². The van der Waals surface area contributed by atoms with Crippen molar-refractivity contribution in [2.24, 2.45) is 0 Å². The molecule has 0 radical (unpaired) electrons. The summed E-state index contributed by atoms with van der Waals surface area (Å²) in [4.78, 5) is 82.5. The molecule has 146 valence electrons. The Morgan fingerprint density at radius 1 is 0.567 bits per heavy atom. The third-order valence-electron chi connectivity index (χ3n) is 2.24. The molecule has 24 heteroatoms. The van der Waals surface area contributed by atoms with Crippen molar-refractivity contribution in [1.29, 1.82) is 0 Å². The molecule has 2 N–H and O–H groups in total. The Labute approximate surface area is 409 Å². The Hall–Kier alpha value is 9.62. The van der Waals surface area contributed by atoms with Crippen molar-refractivity contribution in [3.63, 3.8) is 0 Å². The standard InChI is InChI=1S/C6H20N2O12P4.Cd.5K/c9-21(10,11)3-7(4-22(12,13)14)1-2-8(5-23(15,16)17)6-24(18,19)20;;;;;;/h1-6H2,(H2,9,10,11)(H2,12,13,14)(H2,15,16,17)(H2,18,19,20);;;;;;/q;+2;5*+1/p-5. The van der Waals surface area contributed by atoms with Gasteiger partial charge < -0.3 is 57.4 Å². The van der Waals surface area contributed by atoms with Gasteiger partial charge in [-0.2, -0.15) is 0 Å². The minimum absolute atomic E-state index is 0. The van der Waals surface area contributed by atoms with E-state index < -0.39 is 68.6 Å². The van der Waals surface area contributed by atoms with Crippen LogP contribution in [-0.2, 0) is 45.6 Å². The maximum absolute atomic E-state index is 10.8. The van der Waals surface area contributed by atoms with Gasteiger partial charge in [-0.15, -0.1) is 0 Å². The minimum Gasteiger partial charge on any atom is -0.810 e. The van der Waals surface area contributed by atoms with Crippen LogP contribution in [0.2, 0.25) is 0 Å². The number of hydrogen-bond donors (Lipinski definition) is 2. The van der Waals surface area contributed by atoms with Gasteiger partial charge in [0, 0.05) is 25.7 Å². The quantitative estimate of drug-likeness (QED) is 0.148. The summed E-state index contributed by atoms with van der Waals surface area (Å²) < 4.78 is 43.0. The number of hydrogen-bond acceptors (Lipinski definition) is 12. The molecule has 0 rings (SSSR count). The molecule has 2 unspecified atom stereocenters. The van der Waals surface area contributed by atoms with E-state index in [1.54, 1.807) is 0 Å². The molecule has 0 saturated heterocycles. The van der Waals surface area contributed by atoms with Gasteiger partial charge in [0.1, 0.15) is 15.2 Å². The zero-order valence-corrected chi connectivity index (χ0v) is 40.8. The number of nitrogens with zero attached hydrogens (tertiary/aromatic N) is 2. The Kier molecular flexibility index (Phi) is 48.6. The van der Waals surface area contributed by atoms with Crippen LogP contribution in [0.1, 0.15) is 1.43 Å². The predicted octanol–water partition coefficient (Wildman–Crippen LogP) is -20.5. The summed E-state index contributed by atoms with van der Waals surface area (Å²) >= 11 is 0. The van der Waals surface area contributed by atoms with Crippen molar-refractivity contribution in [1.82, 2.24) is 9.80 Å². The van der Waals surface area contributed by atoms with Gasteiger partial charge in [0.05, 0.1) is 12.6 Å². The molecule has 2 atom stereocenters. The van der Waals surface area contributed by atoms with Gasteiger partial charge in [-0.1, -0.05) is 15.2 Å². The Bertz CT molecular complexity index is 518. The van der Waals surface area contributed by atoms with Crippen LogP contribution in [0.25, 0.3) is 0 Å². The van der Waals surface area contributed by atoms with Gasteiger partial charge >= 0.3 is 286 Å². The van der Waals surface area contributed by atoms with E-state index in [-0.39, 0.29) is 286 Å². The SMILES string of the molecule is O=P([O-])([O-])CN(CCN(CP(=O)([O-])[O-])CP(=O)([O-])O)CP(=O)([O-])O.[Cd+2].[H+].[K+].[K+].[K+].[K+].[K+]. The smallest absolute Gasteiger partial charge is 0.810 e. The van der Waals surface area contributed by atoms with E-state index in [9.17, 15) is 47.6 Å². The number of rotatable bonds is 11. The molecule has 0 aromatic rings. The molecule has 0 aliphatic heterocycles. The normalized spacial score (nSPS) is 14.9. The second-order valence-electron chi connectivity index (χ2n) is 4.85. The topological polar surface area (TPSA) is 254 Å². The first kappa shape index (κ1) is 55.5. The van der Waals surface area contributed by atoms with Gasteiger partial charge in [0.25, 0.3) is 0 Å². The average molecular weight is 739 g/mol. The molecule has 0 aliphatic carbocycles. The molecule has 0 bridgehead atoms. The van der Waals surface area contributed by atoms with E-state index >= 15 is 0 Å². The molecule has 0 aliphatic rings. The molecule has 0 heterocycles. The summed E-state index contributed by atoms with van der Waals surface area (Å²) in [7, 11) is -20.6. The molecule has 0 saturated carbocycles. The monoisotopic (exact) mass is 740 g/mol. The first-order valence-corrected chi connectivity index (χ1v) is 12.9. The van der Waals surface area contributed by atoms with Crippen molar-refractivity contribution in [3.05, 3.63) is 0 Å². The van der Waals surface area contributed by atoms with Crippen LogP contribution in [0.5, 0.6) is 0 Å². The average Bonchev–Trinajstić information content (AvgIpc) is 2.16. The third-order valence-corrected chi connectivity index (χ3v) is 5.24. The van der Waals surface area contributed by atoms with Crippen LogP contribution < -0.4 is 286 Å². The van der Waals surface area contributed by atoms with Gasteiger partial charge in [-0.05, 0) is 0 Å². The maximum atomic E-state index is 10.8. The first-order chi connectivity index (χ1) is 10.4. The summed E-state index contributed by atoms with van der Waals surface area (Å²) in [6.07, 6.45) is -5.27. The second-order valence-corrected chi connectivity index (χ2v) is 11.0. The van der Waals surface area contributed by atoms with Crippen LogP contribution in [0.15, 0.2) is 0 Å². The summed E-state index contributed by atoms with van der Waals surface area (Å²) in [5.41, 5.74) is 0. The third kappa shape index (κ3) is 42.1. The molecule has 0 fully saturated rings. The first-order valence-electron chi connectivity index (χ1n) is 5.89. The summed E-state index contributed by atoms with van der Waals surface area (Å²) in [6.45, 7) is -1.41. The van der Waals surface area contributed by atoms with Crippen molar-refractivity contribution >= 4 is 30.4 Å². The fraction of sp³-hybridized carbons (Fsp3) is 1.00. The molecule has 0 amide bonds. The van der Waals surface area contributed by atoms with Crippen molar-refractivity contribution in [2.45, 2.75) is 0 Å². The molecule has 30 heavy (non-hydrogen) atoms. The van der Waals surface area contributed by atoms with Gasteiger partial charge in [0.2, 0.25) is 0 Å². The minimum atomic E-state index is -5.26. The van der Waals surface area contributed by atoms with E-state index in [0.29, 0.717) is 9.80 Å². The fourth-order valence-corrected chi connectivity index (χ4v) is 4.92. The molecule has 0 spiro atoms. The van der Waals surface area contributed by atoms with Crippen molar-refractivity contribution in [3.8, 4) is 0 Å². The molecule has 0 aromatic heterocycles. The van der Waals surface area contributed by atoms with Crippen molar-refractivity contribution in [2.75, 3.05) is 38.2 Å². The molecular formula is C6H15CdK5N2O12P4+2. The van der Waals surface area contributed by atoms with E-state index in [1.165, 1.54) is 0 Å². The van der Waals surface area contributed by atoms with Gasteiger partial charge in [0.15, 0.2) is 0 Å². The van der Waals surface area contributed by atoms with E-state index in [1.807, 2.05) is 0 Å². The Morgan fingerprint density at radius 3 is 0.900 bits per heavy atom. The Balaban J connectivity index is -0.000000126. The van der Waals surface area contributed by atoms with Crippen LogP contribution in [0.3, 0.4) is 0 Å². The molecule has 14 nitrogen and oxygen atoms in total. The second kappa shape index (κ2) is 26.3. The van der Waals surface area contributed by atoms with E-state index in [2.05, 4.69) is 0 Å². The molecular weight excluding hydrogens is 724 g/mol. The summed E-state index contributed by atoms with van der Waals surface area (Å²) in [5, 5.41) is 0. The Morgan fingerprint density at radius 2 is 0.767 bits per heavy atom. The summed E-state index contributed by atoms with van der Waals surface area (Å²) in [5.74, 6) is 0. The van der Waals surface area contributed by atoms with Crippen LogP contribution in [0, 0.1) is 0 Å². The summed E-state index contributed by atoms with van der Waals surface area (Å²) in [6, 6.07) is 0. The van der Waals surface area contributed by atoms with Gasteiger partial charge in [-0.3, -0.25) is 9.80 Å². The van der Waals surface area contributed by atoms with E-state index in [0.717, 1.165) is 0 Å². The predicted molar refractivity (Wildman–Crippen MR) is 68.9 cm³/mol. The molecule has 0 aromatic carbocycles. The maximum Gasteiger partial charge on any atom is 2.00 e. The van der Waals surface area contributed by atoms with E-state index in [4.69, 9.17) is 9.79 Å².